The molecule has 1 heterocycles. The van der Waals surface area contributed by atoms with Crippen molar-refractivity contribution in [1.82, 2.24) is 4.90 Å². The lowest BCUT2D eigenvalue weighted by atomic mass is 10.2. The van der Waals surface area contributed by atoms with Gasteiger partial charge in [-0.2, -0.15) is 0 Å². The number of hydrogen-bond acceptors (Lipinski definition) is 3. The Morgan fingerprint density at radius 1 is 1.53 bits per heavy atom. The maximum atomic E-state index is 11.7. The molecule has 1 saturated heterocycles. The molecule has 1 fully saturated rings. The van der Waals surface area contributed by atoms with Crippen molar-refractivity contribution in [2.45, 2.75) is 31.7 Å². The van der Waals surface area contributed by atoms with Gasteiger partial charge in [-0.3, -0.25) is 4.79 Å². The average Bonchev–Trinajstić information content (AvgIpc) is 2.21. The summed E-state index contributed by atoms with van der Waals surface area (Å²) < 4.78 is 22.9. The van der Waals surface area contributed by atoms with Crippen LogP contribution in [0.2, 0.25) is 0 Å². The summed E-state index contributed by atoms with van der Waals surface area (Å²) in [7, 11) is -3.00. The molecule has 0 spiro atoms. The fourth-order valence-electron chi connectivity index (χ4n) is 1.77. The van der Waals surface area contributed by atoms with E-state index in [1.54, 1.807) is 18.7 Å². The predicted molar refractivity (Wildman–Crippen MR) is 59.8 cm³/mol. The van der Waals surface area contributed by atoms with E-state index in [0.717, 1.165) is 0 Å². The second kappa shape index (κ2) is 4.70. The molecular weight excluding hydrogens is 238 g/mol. The molecule has 88 valence electrons. The van der Waals surface area contributed by atoms with Crippen LogP contribution in [0.5, 0.6) is 0 Å². The molecule has 1 amide bonds. The molecule has 15 heavy (non-hydrogen) atoms. The van der Waals surface area contributed by atoms with E-state index in [9.17, 15) is 13.2 Å². The topological polar surface area (TPSA) is 54.5 Å². The maximum absolute atomic E-state index is 11.7. The standard InChI is InChI=1S/C9H16ClNO3S/c1-7-6-15(13,14)5-3-4-11(7)9(12)8(2)10/h7-8H,3-6H2,1-2H3. The quantitative estimate of drug-likeness (QED) is 0.645. The van der Waals surface area contributed by atoms with Gasteiger partial charge in [-0.15, -0.1) is 11.6 Å². The van der Waals surface area contributed by atoms with Crippen molar-refractivity contribution in [3.8, 4) is 0 Å². The van der Waals surface area contributed by atoms with Gasteiger partial charge in [0.2, 0.25) is 5.91 Å². The number of amides is 1. The lowest BCUT2D eigenvalue weighted by Crippen LogP contribution is -2.43. The van der Waals surface area contributed by atoms with Crippen LogP contribution in [-0.2, 0) is 14.6 Å². The minimum atomic E-state index is -3.00. The Bertz CT molecular complexity index is 339. The number of carbonyl (C=O) groups excluding carboxylic acids is 1. The molecule has 2 atom stereocenters. The molecule has 0 radical (unpaired) electrons. The summed E-state index contributed by atoms with van der Waals surface area (Å²) in [5, 5.41) is -0.590. The van der Waals surface area contributed by atoms with Gasteiger partial charge in [0.25, 0.3) is 0 Å². The molecule has 0 aromatic heterocycles. The first kappa shape index (κ1) is 12.8. The van der Waals surface area contributed by atoms with Gasteiger partial charge in [-0.1, -0.05) is 0 Å². The zero-order valence-corrected chi connectivity index (χ0v) is 10.5. The number of carbonyl (C=O) groups is 1. The largest absolute Gasteiger partial charge is 0.338 e. The van der Waals surface area contributed by atoms with Crippen molar-refractivity contribution in [2.24, 2.45) is 0 Å². The Balaban J connectivity index is 2.80. The first-order valence-electron chi connectivity index (χ1n) is 4.98. The van der Waals surface area contributed by atoms with Crippen molar-refractivity contribution >= 4 is 27.3 Å². The molecule has 1 aliphatic heterocycles. The van der Waals surface area contributed by atoms with Crippen LogP contribution in [0.4, 0.5) is 0 Å². The zero-order valence-electron chi connectivity index (χ0n) is 8.94. The van der Waals surface area contributed by atoms with Crippen LogP contribution in [-0.4, -0.2) is 48.7 Å². The van der Waals surface area contributed by atoms with E-state index < -0.39 is 15.2 Å². The summed E-state index contributed by atoms with van der Waals surface area (Å²) in [6.45, 7) is 3.84. The normalized spacial score (nSPS) is 28.2. The van der Waals surface area contributed by atoms with Crippen LogP contribution in [0.3, 0.4) is 0 Å². The number of halogens is 1. The number of hydrogen-bond donors (Lipinski definition) is 0. The Morgan fingerprint density at radius 3 is 2.67 bits per heavy atom. The Labute approximate surface area is 95.5 Å². The van der Waals surface area contributed by atoms with Gasteiger partial charge in [0.05, 0.1) is 11.5 Å². The third-order valence-electron chi connectivity index (χ3n) is 2.50. The summed E-state index contributed by atoms with van der Waals surface area (Å²) in [4.78, 5) is 13.2. The van der Waals surface area contributed by atoms with Gasteiger partial charge in [-0.25, -0.2) is 8.42 Å². The fourth-order valence-corrected chi connectivity index (χ4v) is 3.55. The monoisotopic (exact) mass is 253 g/mol. The van der Waals surface area contributed by atoms with Crippen molar-refractivity contribution in [2.75, 3.05) is 18.1 Å². The van der Waals surface area contributed by atoms with Gasteiger partial charge in [0.15, 0.2) is 9.84 Å². The molecule has 0 aromatic rings. The molecule has 4 nitrogen and oxygen atoms in total. The number of rotatable bonds is 1. The number of alkyl halides is 1. The molecule has 0 aliphatic carbocycles. The minimum absolute atomic E-state index is 0.0440. The second-order valence-electron chi connectivity index (χ2n) is 3.96. The SMILES string of the molecule is CC(Cl)C(=O)N1CCCS(=O)(=O)CC1C. The van der Waals surface area contributed by atoms with E-state index in [0.29, 0.717) is 13.0 Å². The molecule has 1 aliphatic rings. The third kappa shape index (κ3) is 3.34. The summed E-state index contributed by atoms with van der Waals surface area (Å²) in [6.07, 6.45) is 0.502. The lowest BCUT2D eigenvalue weighted by Gasteiger charge is -2.27. The molecule has 2 unspecified atom stereocenters. The predicted octanol–water partition coefficient (Wildman–Crippen LogP) is 0.649. The first-order chi connectivity index (χ1) is 6.83. The van der Waals surface area contributed by atoms with E-state index in [-0.39, 0.29) is 23.5 Å². The fraction of sp³-hybridized carbons (Fsp3) is 0.889. The third-order valence-corrected chi connectivity index (χ3v) is 4.59. The van der Waals surface area contributed by atoms with Gasteiger partial charge in [0.1, 0.15) is 5.38 Å². The van der Waals surface area contributed by atoms with Crippen LogP contribution < -0.4 is 0 Å². The molecule has 0 aromatic carbocycles. The summed E-state index contributed by atoms with van der Waals surface area (Å²) >= 11 is 5.71. The highest BCUT2D eigenvalue weighted by Crippen LogP contribution is 2.14. The van der Waals surface area contributed by atoms with Crippen molar-refractivity contribution < 1.29 is 13.2 Å². The van der Waals surface area contributed by atoms with Crippen molar-refractivity contribution in [3.05, 3.63) is 0 Å². The summed E-state index contributed by atoms with van der Waals surface area (Å²) in [5.74, 6) is 0.0291. The molecule has 0 N–H and O–H groups in total. The van der Waals surface area contributed by atoms with E-state index in [4.69, 9.17) is 11.6 Å². The Morgan fingerprint density at radius 2 is 2.13 bits per heavy atom. The first-order valence-corrected chi connectivity index (χ1v) is 7.24. The molecule has 6 heteroatoms. The van der Waals surface area contributed by atoms with Crippen molar-refractivity contribution in [3.63, 3.8) is 0 Å². The van der Waals surface area contributed by atoms with Gasteiger partial charge in [0, 0.05) is 12.6 Å². The second-order valence-corrected chi connectivity index (χ2v) is 6.85. The van der Waals surface area contributed by atoms with Gasteiger partial charge in [-0.05, 0) is 20.3 Å². The highest BCUT2D eigenvalue weighted by atomic mass is 35.5. The summed E-state index contributed by atoms with van der Waals surface area (Å²) in [6, 6.07) is -0.272. The van der Waals surface area contributed by atoms with Crippen molar-refractivity contribution in [1.29, 1.82) is 0 Å². The van der Waals surface area contributed by atoms with E-state index in [1.807, 2.05) is 0 Å². The minimum Gasteiger partial charge on any atom is -0.338 e. The highest BCUT2D eigenvalue weighted by molar-refractivity contribution is 7.91. The van der Waals surface area contributed by atoms with E-state index >= 15 is 0 Å². The van der Waals surface area contributed by atoms with Crippen LogP contribution in [0.15, 0.2) is 0 Å². The van der Waals surface area contributed by atoms with Gasteiger partial charge >= 0.3 is 0 Å². The van der Waals surface area contributed by atoms with Gasteiger partial charge < -0.3 is 4.90 Å². The lowest BCUT2D eigenvalue weighted by molar-refractivity contribution is -0.132. The summed E-state index contributed by atoms with van der Waals surface area (Å²) in [5.41, 5.74) is 0. The highest BCUT2D eigenvalue weighted by Gasteiger charge is 2.30. The molecule has 0 bridgehead atoms. The number of nitrogens with zero attached hydrogens (tertiary/aromatic N) is 1. The Kier molecular flexibility index (Phi) is 4.00. The van der Waals surface area contributed by atoms with Crippen LogP contribution in [0.25, 0.3) is 0 Å². The smallest absolute Gasteiger partial charge is 0.240 e. The van der Waals surface area contributed by atoms with Crippen LogP contribution >= 0.6 is 11.6 Å². The average molecular weight is 254 g/mol. The number of sulfone groups is 1. The molecule has 0 saturated carbocycles. The van der Waals surface area contributed by atoms with Crippen LogP contribution in [0.1, 0.15) is 20.3 Å². The van der Waals surface area contributed by atoms with Crippen LogP contribution in [0, 0.1) is 0 Å². The maximum Gasteiger partial charge on any atom is 0.240 e. The molecule has 1 rings (SSSR count). The Hall–Kier alpha value is -0.290. The molecular formula is C9H16ClNO3S. The van der Waals surface area contributed by atoms with E-state index in [1.165, 1.54) is 0 Å². The zero-order chi connectivity index (χ0) is 11.6. The van der Waals surface area contributed by atoms with E-state index in [2.05, 4.69) is 0 Å².